The summed E-state index contributed by atoms with van der Waals surface area (Å²) < 4.78 is 0. The van der Waals surface area contributed by atoms with Crippen LogP contribution in [0.5, 0.6) is 5.75 Å². The molecule has 0 spiro atoms. The lowest BCUT2D eigenvalue weighted by molar-refractivity contribution is -0.119. The number of phenolic OH excluding ortho intramolecular Hbond substituents is 1. The molecule has 0 bridgehead atoms. The number of carbonyl (C=O) groups excluding carboxylic acids is 1. The molecule has 0 unspecified atom stereocenters. The summed E-state index contributed by atoms with van der Waals surface area (Å²) in [4.78, 5) is 14.3. The Morgan fingerprint density at radius 2 is 2.00 bits per heavy atom. The van der Waals surface area contributed by atoms with E-state index in [0.717, 1.165) is 41.8 Å². The van der Waals surface area contributed by atoms with E-state index in [1.165, 1.54) is 5.56 Å². The van der Waals surface area contributed by atoms with Crippen LogP contribution in [0.1, 0.15) is 28.7 Å². The highest BCUT2D eigenvalue weighted by atomic mass is 16.3. The lowest BCUT2D eigenvalue weighted by Crippen LogP contribution is -2.38. The lowest BCUT2D eigenvalue weighted by atomic mass is 10.0. The van der Waals surface area contributed by atoms with E-state index in [1.807, 2.05) is 38.1 Å². The topological polar surface area (TPSA) is 64.9 Å². The molecule has 1 aliphatic heterocycles. The average Bonchev–Trinajstić information content (AvgIpc) is 2.60. The van der Waals surface area contributed by atoms with Crippen LogP contribution in [0.4, 0.5) is 5.69 Å². The van der Waals surface area contributed by atoms with E-state index in [0.29, 0.717) is 12.3 Å². The Balaban J connectivity index is 1.61. The van der Waals surface area contributed by atoms with Crippen LogP contribution >= 0.6 is 0 Å². The first kappa shape index (κ1) is 17.0. The van der Waals surface area contributed by atoms with E-state index >= 15 is 0 Å². The molecular formula is C20H23N3O2. The fourth-order valence-corrected chi connectivity index (χ4v) is 3.23. The van der Waals surface area contributed by atoms with Gasteiger partial charge in [0, 0.05) is 12.2 Å². The van der Waals surface area contributed by atoms with Gasteiger partial charge in [-0.2, -0.15) is 5.10 Å². The molecule has 0 aromatic heterocycles. The quantitative estimate of drug-likeness (QED) is 0.666. The first-order valence-corrected chi connectivity index (χ1v) is 8.49. The normalized spacial score (nSPS) is 13.8. The molecule has 2 N–H and O–H groups in total. The molecule has 2 aromatic carbocycles. The van der Waals surface area contributed by atoms with E-state index in [9.17, 15) is 9.90 Å². The van der Waals surface area contributed by atoms with E-state index in [4.69, 9.17) is 0 Å². The molecule has 0 atom stereocenters. The Labute approximate surface area is 148 Å². The van der Waals surface area contributed by atoms with Crippen LogP contribution in [-0.4, -0.2) is 30.3 Å². The van der Waals surface area contributed by atoms with E-state index < -0.39 is 0 Å². The van der Waals surface area contributed by atoms with Crippen LogP contribution in [0.2, 0.25) is 0 Å². The standard InChI is InChI=1S/C20H23N3O2/c1-14-10-16(11-15(2)20(14)25)12-21-22-19(24)13-23-9-5-7-17-6-3-4-8-18(17)23/h3-4,6,8,10-12,25H,5,7,9,13H2,1-2H3,(H,22,24)/b21-12+. The third kappa shape index (κ3) is 3.99. The number of nitrogens with one attached hydrogen (secondary N) is 1. The van der Waals surface area contributed by atoms with Crippen molar-refractivity contribution in [1.29, 1.82) is 0 Å². The summed E-state index contributed by atoms with van der Waals surface area (Å²) in [7, 11) is 0. The molecule has 0 fully saturated rings. The molecule has 25 heavy (non-hydrogen) atoms. The highest BCUT2D eigenvalue weighted by Crippen LogP contribution is 2.26. The minimum Gasteiger partial charge on any atom is -0.507 e. The zero-order chi connectivity index (χ0) is 17.8. The van der Waals surface area contributed by atoms with Crippen LogP contribution in [-0.2, 0) is 11.2 Å². The minimum absolute atomic E-state index is 0.139. The molecule has 2 aromatic rings. The molecule has 5 heteroatoms. The van der Waals surface area contributed by atoms with Crippen LogP contribution in [0.25, 0.3) is 0 Å². The molecule has 0 saturated heterocycles. The predicted molar refractivity (Wildman–Crippen MR) is 100 cm³/mol. The van der Waals surface area contributed by atoms with Crippen molar-refractivity contribution in [1.82, 2.24) is 5.43 Å². The highest BCUT2D eigenvalue weighted by Gasteiger charge is 2.18. The van der Waals surface area contributed by atoms with Gasteiger partial charge in [-0.15, -0.1) is 0 Å². The maximum atomic E-state index is 12.2. The molecule has 0 saturated carbocycles. The number of fused-ring (bicyclic) bond motifs is 1. The van der Waals surface area contributed by atoms with Gasteiger partial charge in [0.1, 0.15) is 5.75 Å². The number of hydrogen-bond acceptors (Lipinski definition) is 4. The summed E-state index contributed by atoms with van der Waals surface area (Å²) in [6, 6.07) is 11.9. The van der Waals surface area contributed by atoms with Crippen molar-refractivity contribution in [3.8, 4) is 5.75 Å². The van der Waals surface area contributed by atoms with E-state index in [2.05, 4.69) is 27.6 Å². The average molecular weight is 337 g/mol. The second-order valence-corrected chi connectivity index (χ2v) is 6.45. The summed E-state index contributed by atoms with van der Waals surface area (Å²) in [6.07, 6.45) is 3.72. The Morgan fingerprint density at radius 1 is 1.28 bits per heavy atom. The van der Waals surface area contributed by atoms with E-state index in [1.54, 1.807) is 6.21 Å². The van der Waals surface area contributed by atoms with Crippen molar-refractivity contribution in [2.45, 2.75) is 26.7 Å². The maximum absolute atomic E-state index is 12.2. The Hall–Kier alpha value is -2.82. The Kier molecular flexibility index (Phi) is 5.03. The third-order valence-electron chi connectivity index (χ3n) is 4.46. The monoisotopic (exact) mass is 337 g/mol. The molecule has 0 radical (unpaired) electrons. The van der Waals surface area contributed by atoms with Gasteiger partial charge in [-0.1, -0.05) is 18.2 Å². The van der Waals surface area contributed by atoms with E-state index in [-0.39, 0.29) is 5.91 Å². The van der Waals surface area contributed by atoms with Crippen LogP contribution < -0.4 is 10.3 Å². The first-order valence-electron chi connectivity index (χ1n) is 8.49. The second-order valence-electron chi connectivity index (χ2n) is 6.45. The minimum atomic E-state index is -0.139. The number of aryl methyl sites for hydroxylation is 3. The van der Waals surface area contributed by atoms with Crippen LogP contribution in [0, 0.1) is 13.8 Å². The van der Waals surface area contributed by atoms with Gasteiger partial charge in [-0.25, -0.2) is 5.43 Å². The first-order chi connectivity index (χ1) is 12.0. The van der Waals surface area contributed by atoms with Gasteiger partial charge in [0.05, 0.1) is 12.8 Å². The predicted octanol–water partition coefficient (Wildman–Crippen LogP) is 2.91. The summed E-state index contributed by atoms with van der Waals surface area (Å²) in [5.41, 5.74) is 7.44. The summed E-state index contributed by atoms with van der Waals surface area (Å²) in [6.45, 7) is 4.85. The number of nitrogens with zero attached hydrogens (tertiary/aromatic N) is 2. The summed E-state index contributed by atoms with van der Waals surface area (Å²) in [5, 5.41) is 13.8. The van der Waals surface area contributed by atoms with Crippen LogP contribution in [0.15, 0.2) is 41.5 Å². The van der Waals surface area contributed by atoms with Gasteiger partial charge < -0.3 is 10.0 Å². The highest BCUT2D eigenvalue weighted by molar-refractivity contribution is 5.85. The Morgan fingerprint density at radius 3 is 2.76 bits per heavy atom. The smallest absolute Gasteiger partial charge is 0.259 e. The van der Waals surface area contributed by atoms with Crippen molar-refractivity contribution < 1.29 is 9.90 Å². The lowest BCUT2D eigenvalue weighted by Gasteiger charge is -2.30. The number of benzene rings is 2. The number of hydrogen-bond donors (Lipinski definition) is 2. The number of para-hydroxylation sites is 1. The van der Waals surface area contributed by atoms with Crippen molar-refractivity contribution in [2.75, 3.05) is 18.0 Å². The van der Waals surface area contributed by atoms with Crippen LogP contribution in [0.3, 0.4) is 0 Å². The Bertz CT molecular complexity index is 791. The van der Waals surface area contributed by atoms with Crippen molar-refractivity contribution in [3.05, 3.63) is 58.7 Å². The van der Waals surface area contributed by atoms with Gasteiger partial charge in [0.15, 0.2) is 0 Å². The molecule has 0 aliphatic carbocycles. The zero-order valence-electron chi connectivity index (χ0n) is 14.6. The molecule has 1 amide bonds. The zero-order valence-corrected chi connectivity index (χ0v) is 14.6. The maximum Gasteiger partial charge on any atom is 0.259 e. The SMILES string of the molecule is Cc1cc(/C=N/NC(=O)CN2CCCc3ccccc32)cc(C)c1O. The summed E-state index contributed by atoms with van der Waals surface area (Å²) >= 11 is 0. The summed E-state index contributed by atoms with van der Waals surface area (Å²) in [5.74, 6) is 0.158. The molecule has 3 rings (SSSR count). The van der Waals surface area contributed by atoms with Gasteiger partial charge in [0.2, 0.25) is 0 Å². The fraction of sp³-hybridized carbons (Fsp3) is 0.300. The fourth-order valence-electron chi connectivity index (χ4n) is 3.23. The number of carbonyl (C=O) groups is 1. The van der Waals surface area contributed by atoms with Gasteiger partial charge >= 0.3 is 0 Å². The third-order valence-corrected chi connectivity index (χ3v) is 4.46. The second kappa shape index (κ2) is 7.38. The van der Waals surface area contributed by atoms with Gasteiger partial charge in [-0.3, -0.25) is 4.79 Å². The number of rotatable bonds is 4. The van der Waals surface area contributed by atoms with Gasteiger partial charge in [0.25, 0.3) is 5.91 Å². The number of anilines is 1. The molecular weight excluding hydrogens is 314 g/mol. The van der Waals surface area contributed by atoms with Crippen molar-refractivity contribution >= 4 is 17.8 Å². The molecule has 1 aliphatic rings. The van der Waals surface area contributed by atoms with Crippen molar-refractivity contribution in [2.24, 2.45) is 5.10 Å². The molecule has 130 valence electrons. The number of hydrazone groups is 1. The number of aromatic hydroxyl groups is 1. The number of amides is 1. The molecule has 1 heterocycles. The molecule has 5 nitrogen and oxygen atoms in total. The number of phenols is 1. The van der Waals surface area contributed by atoms with Crippen molar-refractivity contribution in [3.63, 3.8) is 0 Å². The van der Waals surface area contributed by atoms with Gasteiger partial charge in [-0.05, 0) is 67.1 Å². The largest absolute Gasteiger partial charge is 0.507 e.